The molecule has 1 aliphatic carbocycles. The van der Waals surface area contributed by atoms with Crippen LogP contribution < -0.4 is 0 Å². The molecule has 0 unspecified atom stereocenters. The van der Waals surface area contributed by atoms with Gasteiger partial charge in [0.15, 0.2) is 0 Å². The first-order valence-corrected chi connectivity index (χ1v) is 9.42. The smallest absolute Gasteiger partial charge is 0.225 e. The third-order valence-corrected chi connectivity index (χ3v) is 6.09. The number of likely N-dealkylation sites (tertiary alicyclic amines) is 1. The maximum Gasteiger partial charge on any atom is 0.225 e. The summed E-state index contributed by atoms with van der Waals surface area (Å²) < 4.78 is 0. The van der Waals surface area contributed by atoms with Crippen molar-refractivity contribution >= 4 is 5.91 Å². The summed E-state index contributed by atoms with van der Waals surface area (Å²) in [5.74, 6) is 0.404. The zero-order chi connectivity index (χ0) is 17.4. The second-order valence-electron chi connectivity index (χ2n) is 7.87. The molecule has 0 atom stereocenters. The van der Waals surface area contributed by atoms with Crippen molar-refractivity contribution in [3.8, 4) is 11.1 Å². The molecule has 2 aromatic rings. The Morgan fingerprint density at radius 1 is 1.04 bits per heavy atom. The minimum absolute atomic E-state index is 0.100. The van der Waals surface area contributed by atoms with E-state index in [0.717, 1.165) is 25.9 Å². The van der Waals surface area contributed by atoms with E-state index in [9.17, 15) is 4.79 Å². The van der Waals surface area contributed by atoms with Crippen LogP contribution in [-0.4, -0.2) is 28.9 Å². The van der Waals surface area contributed by atoms with Crippen molar-refractivity contribution in [3.63, 3.8) is 0 Å². The van der Waals surface area contributed by atoms with Crippen molar-refractivity contribution < 1.29 is 4.79 Å². The predicted molar refractivity (Wildman–Crippen MR) is 100 cm³/mol. The van der Waals surface area contributed by atoms with Crippen LogP contribution >= 0.6 is 0 Å². The number of fused-ring (bicyclic) bond motifs is 2. The number of rotatable bonds is 2. The molecule has 130 valence electrons. The van der Waals surface area contributed by atoms with Crippen LogP contribution in [0.4, 0.5) is 0 Å². The molecule has 1 aromatic heterocycles. The highest BCUT2D eigenvalue weighted by Crippen LogP contribution is 2.47. The molecule has 1 aliphatic heterocycles. The second-order valence-corrected chi connectivity index (χ2v) is 7.87. The van der Waals surface area contributed by atoms with Gasteiger partial charge in [-0.1, -0.05) is 32.0 Å². The highest BCUT2D eigenvalue weighted by atomic mass is 16.2. The minimum Gasteiger partial charge on any atom is -0.342 e. The van der Waals surface area contributed by atoms with Gasteiger partial charge in [-0.15, -0.1) is 0 Å². The molecule has 25 heavy (non-hydrogen) atoms. The summed E-state index contributed by atoms with van der Waals surface area (Å²) >= 11 is 0. The first-order valence-electron chi connectivity index (χ1n) is 9.42. The number of amides is 1. The van der Waals surface area contributed by atoms with Crippen LogP contribution in [0.1, 0.15) is 44.2 Å². The molecule has 1 fully saturated rings. The Morgan fingerprint density at radius 2 is 1.76 bits per heavy atom. The van der Waals surface area contributed by atoms with Gasteiger partial charge < -0.3 is 4.90 Å². The number of nitrogens with zero attached hydrogens (tertiary/aromatic N) is 2. The predicted octanol–water partition coefficient (Wildman–Crippen LogP) is 4.21. The van der Waals surface area contributed by atoms with Gasteiger partial charge >= 0.3 is 0 Å². The van der Waals surface area contributed by atoms with Crippen LogP contribution in [0.3, 0.4) is 0 Å². The number of carbonyl (C=O) groups is 1. The zero-order valence-corrected chi connectivity index (χ0v) is 15.2. The summed E-state index contributed by atoms with van der Waals surface area (Å²) in [6.45, 7) is 5.79. The largest absolute Gasteiger partial charge is 0.342 e. The molecule has 3 nitrogen and oxygen atoms in total. The summed E-state index contributed by atoms with van der Waals surface area (Å²) in [6.07, 6.45) is 8.30. The Hall–Kier alpha value is -2.16. The lowest BCUT2D eigenvalue weighted by atomic mass is 9.73. The zero-order valence-electron chi connectivity index (χ0n) is 15.2. The third-order valence-electron chi connectivity index (χ3n) is 6.09. The van der Waals surface area contributed by atoms with Crippen LogP contribution in [0.15, 0.2) is 42.7 Å². The van der Waals surface area contributed by atoms with Gasteiger partial charge in [0, 0.05) is 31.4 Å². The lowest BCUT2D eigenvalue weighted by molar-refractivity contribution is -0.136. The van der Waals surface area contributed by atoms with E-state index in [1.807, 2.05) is 26.2 Å². The Kier molecular flexibility index (Phi) is 4.10. The Balaban J connectivity index is 1.61. The summed E-state index contributed by atoms with van der Waals surface area (Å²) in [7, 11) is 0. The summed E-state index contributed by atoms with van der Waals surface area (Å²) in [6, 6.07) is 11.1. The van der Waals surface area contributed by atoms with Crippen molar-refractivity contribution in [3.05, 3.63) is 53.9 Å². The molecule has 0 N–H and O–H groups in total. The average molecular weight is 334 g/mol. The highest BCUT2D eigenvalue weighted by molar-refractivity contribution is 5.78. The molecule has 0 radical (unpaired) electrons. The molecule has 0 saturated carbocycles. The average Bonchev–Trinajstić information content (AvgIpc) is 3.00. The van der Waals surface area contributed by atoms with Gasteiger partial charge in [-0.3, -0.25) is 9.78 Å². The van der Waals surface area contributed by atoms with Crippen molar-refractivity contribution in [1.82, 2.24) is 9.88 Å². The van der Waals surface area contributed by atoms with Gasteiger partial charge in [-0.05, 0) is 65.5 Å². The molecule has 4 rings (SSSR count). The van der Waals surface area contributed by atoms with E-state index in [0.29, 0.717) is 5.91 Å². The molecule has 1 spiro atoms. The molecule has 0 bridgehead atoms. The van der Waals surface area contributed by atoms with Gasteiger partial charge in [0.1, 0.15) is 0 Å². The normalized spacial score (nSPS) is 18.6. The third kappa shape index (κ3) is 2.86. The van der Waals surface area contributed by atoms with Crippen molar-refractivity contribution in [2.75, 3.05) is 13.1 Å². The number of hydrogen-bond donors (Lipinski definition) is 0. The summed E-state index contributed by atoms with van der Waals surface area (Å²) in [5, 5.41) is 0. The van der Waals surface area contributed by atoms with Crippen molar-refractivity contribution in [1.29, 1.82) is 0 Å². The van der Waals surface area contributed by atoms with Crippen molar-refractivity contribution in [2.24, 2.45) is 5.92 Å². The second kappa shape index (κ2) is 6.29. The molecule has 3 heteroatoms. The molecular weight excluding hydrogens is 308 g/mol. The van der Waals surface area contributed by atoms with Gasteiger partial charge in [0.05, 0.1) is 0 Å². The molecule has 2 aliphatic rings. The van der Waals surface area contributed by atoms with Crippen LogP contribution in [-0.2, 0) is 16.6 Å². The number of pyridine rings is 1. The number of hydrogen-bond acceptors (Lipinski definition) is 2. The first-order chi connectivity index (χ1) is 12.1. The quantitative estimate of drug-likeness (QED) is 0.824. The maximum atomic E-state index is 12.3. The molecule has 1 amide bonds. The minimum atomic E-state index is 0.100. The lowest BCUT2D eigenvalue weighted by Crippen LogP contribution is -2.45. The Morgan fingerprint density at radius 3 is 2.44 bits per heavy atom. The monoisotopic (exact) mass is 334 g/mol. The Labute approximate surface area is 150 Å². The number of aryl methyl sites for hydroxylation is 1. The maximum absolute atomic E-state index is 12.3. The van der Waals surface area contributed by atoms with Gasteiger partial charge in [0.2, 0.25) is 5.91 Å². The highest BCUT2D eigenvalue weighted by Gasteiger charge is 2.42. The molecule has 1 saturated heterocycles. The number of benzene rings is 1. The summed E-state index contributed by atoms with van der Waals surface area (Å²) in [4.78, 5) is 18.5. The van der Waals surface area contributed by atoms with Crippen molar-refractivity contribution in [2.45, 2.75) is 44.9 Å². The van der Waals surface area contributed by atoms with Crippen LogP contribution in [0.25, 0.3) is 11.1 Å². The number of carbonyl (C=O) groups excluding carboxylic acids is 1. The van der Waals surface area contributed by atoms with Crippen LogP contribution in [0.5, 0.6) is 0 Å². The van der Waals surface area contributed by atoms with Crippen LogP contribution in [0, 0.1) is 5.92 Å². The fourth-order valence-corrected chi connectivity index (χ4v) is 4.56. The van der Waals surface area contributed by atoms with E-state index in [1.165, 1.54) is 35.1 Å². The van der Waals surface area contributed by atoms with Gasteiger partial charge in [0.25, 0.3) is 0 Å². The SMILES string of the molecule is CC(C)C(=O)N1CCC2(CCc3ccc(-c4ccncc4)cc32)CC1. The molecular formula is C22H26N2O. The fraction of sp³-hybridized carbons (Fsp3) is 0.455. The number of aromatic nitrogens is 1. The van der Waals surface area contributed by atoms with E-state index in [2.05, 4.69) is 40.2 Å². The van der Waals surface area contributed by atoms with Gasteiger partial charge in [-0.25, -0.2) is 0 Å². The first kappa shape index (κ1) is 16.3. The van der Waals surface area contributed by atoms with E-state index in [4.69, 9.17) is 0 Å². The lowest BCUT2D eigenvalue weighted by Gasteiger charge is -2.41. The topological polar surface area (TPSA) is 33.2 Å². The van der Waals surface area contributed by atoms with E-state index >= 15 is 0 Å². The van der Waals surface area contributed by atoms with Gasteiger partial charge in [-0.2, -0.15) is 0 Å². The molecule has 1 aromatic carbocycles. The van der Waals surface area contributed by atoms with E-state index in [1.54, 1.807) is 0 Å². The van der Waals surface area contributed by atoms with E-state index < -0.39 is 0 Å². The fourth-order valence-electron chi connectivity index (χ4n) is 4.56. The Bertz CT molecular complexity index is 774. The standard InChI is InChI=1S/C22H26N2O/c1-16(2)21(25)24-13-9-22(10-14-24)8-5-18-3-4-19(15-20(18)22)17-6-11-23-12-7-17/h3-4,6-7,11-12,15-16H,5,8-10,13-14H2,1-2H3. The molecule has 2 heterocycles. The van der Waals surface area contributed by atoms with Crippen LogP contribution in [0.2, 0.25) is 0 Å². The van der Waals surface area contributed by atoms with E-state index in [-0.39, 0.29) is 11.3 Å². The number of piperidine rings is 1. The summed E-state index contributed by atoms with van der Waals surface area (Å²) in [5.41, 5.74) is 5.81.